The maximum Gasteiger partial charge on any atom is 0.0572 e. The molecule has 0 N–H and O–H groups in total. The first-order chi connectivity index (χ1) is 23.7. The molecule has 278 valence electrons. The van der Waals surface area contributed by atoms with E-state index in [0.717, 1.165) is 30.6 Å². The van der Waals surface area contributed by atoms with Gasteiger partial charge in [0, 0.05) is 0 Å². The average molecular weight is 791 g/mol. The molecule has 2 aromatic rings. The molecule has 5 unspecified atom stereocenters. The zero-order chi connectivity index (χ0) is 37.1. The molecular formula is C49H75I. The number of hydrogen-bond acceptors (Lipinski definition) is 0. The molecule has 1 heterocycles. The Balaban J connectivity index is 1.65. The Hall–Kier alpha value is -1.74. The summed E-state index contributed by atoms with van der Waals surface area (Å²) in [5.41, 5.74) is 13.4. The fourth-order valence-corrected chi connectivity index (χ4v) is 11.3. The van der Waals surface area contributed by atoms with E-state index in [1.165, 1.54) is 84.8 Å². The zero-order valence-corrected chi connectivity index (χ0v) is 36.7. The molecule has 0 aromatic heterocycles. The molecule has 0 radical (unpaired) electrons. The van der Waals surface area contributed by atoms with Crippen LogP contribution >= 0.6 is 20.7 Å². The third kappa shape index (κ3) is 11.6. The number of alkyl halides is 1. The van der Waals surface area contributed by atoms with Crippen LogP contribution in [0, 0.1) is 35.5 Å². The number of aryl methyl sites for hydroxylation is 2. The van der Waals surface area contributed by atoms with Gasteiger partial charge in [0.2, 0.25) is 0 Å². The maximum atomic E-state index is 4.70. The largest absolute Gasteiger partial charge is 0.106 e. The van der Waals surface area contributed by atoms with Gasteiger partial charge in [0.05, 0.1) is 3.92 Å². The van der Waals surface area contributed by atoms with E-state index in [4.69, 9.17) is 6.58 Å². The Labute approximate surface area is 320 Å². The second-order valence-electron chi connectivity index (χ2n) is 17.0. The lowest BCUT2D eigenvalue weighted by atomic mass is 9.83. The molecule has 2 aromatic carbocycles. The summed E-state index contributed by atoms with van der Waals surface area (Å²) in [6.07, 6.45) is 15.1. The lowest BCUT2D eigenvalue weighted by molar-refractivity contribution is 0.381. The fourth-order valence-electron chi connectivity index (χ4n) is 7.62. The Morgan fingerprint density at radius 2 is 1.32 bits per heavy atom. The van der Waals surface area contributed by atoms with Crippen molar-refractivity contribution in [2.45, 2.75) is 157 Å². The standard InChI is InChI=1S/C49H75I/c1-15-41-24-19-25-42(16-2)48(41)46-31-47(34(7)8)50-49(46)44-29-28-43(30-45(44)33(5)6)40(14)39(13)23-18-21-35(9)20-17-22-37(11)38(12)27-26-36(10)32(3)4/h19,24-25,28-37,39,49H,12,14-18,20-23,26-27H2,1-11,13H3. The van der Waals surface area contributed by atoms with Crippen molar-refractivity contribution in [2.75, 3.05) is 0 Å². The lowest BCUT2D eigenvalue weighted by Crippen LogP contribution is -2.07. The molecule has 0 spiro atoms. The topological polar surface area (TPSA) is 0 Å². The second kappa shape index (κ2) is 20.5. The van der Waals surface area contributed by atoms with Crippen LogP contribution in [0.15, 0.2) is 61.2 Å². The molecule has 0 saturated heterocycles. The second-order valence-corrected chi connectivity index (χ2v) is 20.1. The van der Waals surface area contributed by atoms with E-state index in [0.29, 0.717) is 27.6 Å². The Bertz CT molecular complexity index is 1440. The van der Waals surface area contributed by atoms with E-state index in [2.05, 4.69) is 132 Å². The third-order valence-electron chi connectivity index (χ3n) is 12.0. The smallest absolute Gasteiger partial charge is 0.0572 e. The van der Waals surface area contributed by atoms with Gasteiger partial charge in [-0.3, -0.25) is 0 Å². The van der Waals surface area contributed by atoms with Crippen molar-refractivity contribution in [1.29, 1.82) is 0 Å². The Kier molecular flexibility index (Phi) is 17.5. The van der Waals surface area contributed by atoms with E-state index in [-0.39, 0.29) is 20.7 Å². The fraction of sp³-hybridized carbons (Fsp3) is 0.612. The van der Waals surface area contributed by atoms with E-state index < -0.39 is 0 Å². The molecule has 0 saturated carbocycles. The summed E-state index contributed by atoms with van der Waals surface area (Å²) >= 11 is -0.128. The van der Waals surface area contributed by atoms with Crippen LogP contribution in [0.5, 0.6) is 0 Å². The van der Waals surface area contributed by atoms with Crippen LogP contribution in [0.3, 0.4) is 0 Å². The van der Waals surface area contributed by atoms with Crippen molar-refractivity contribution < 1.29 is 0 Å². The lowest BCUT2D eigenvalue weighted by Gasteiger charge is -2.25. The SMILES string of the molecule is C=C(CCC(C)C(C)C)C(C)CCCC(C)CCCC(C)C(=C)c1ccc(C2I=C(C(C)C)C=C2c2c(CC)cccc2CC)c(C(C)C)c1. The quantitative estimate of drug-likeness (QED) is 0.0671. The molecule has 0 nitrogen and oxygen atoms in total. The van der Waals surface area contributed by atoms with Crippen LogP contribution in [0.1, 0.15) is 178 Å². The third-order valence-corrected chi connectivity index (χ3v) is 16.3. The summed E-state index contributed by atoms with van der Waals surface area (Å²) in [6.45, 7) is 37.7. The van der Waals surface area contributed by atoms with Gasteiger partial charge in [0.15, 0.2) is 0 Å². The summed E-state index contributed by atoms with van der Waals surface area (Å²) in [7, 11) is 0. The van der Waals surface area contributed by atoms with Gasteiger partial charge in [0.1, 0.15) is 0 Å². The van der Waals surface area contributed by atoms with Crippen molar-refractivity contribution in [3.8, 4) is 0 Å². The molecular weight excluding hydrogens is 715 g/mol. The van der Waals surface area contributed by atoms with Crippen LogP contribution in [0.2, 0.25) is 0 Å². The Morgan fingerprint density at radius 1 is 0.720 bits per heavy atom. The van der Waals surface area contributed by atoms with E-state index in [1.807, 2.05) is 0 Å². The molecule has 0 bridgehead atoms. The van der Waals surface area contributed by atoms with E-state index in [1.54, 1.807) is 20.2 Å². The van der Waals surface area contributed by atoms with E-state index >= 15 is 0 Å². The van der Waals surface area contributed by atoms with Crippen LogP contribution in [-0.2, 0) is 12.8 Å². The molecule has 1 aliphatic rings. The van der Waals surface area contributed by atoms with Gasteiger partial charge < -0.3 is 0 Å². The van der Waals surface area contributed by atoms with Crippen molar-refractivity contribution in [2.24, 2.45) is 35.5 Å². The molecule has 0 aliphatic carbocycles. The zero-order valence-electron chi connectivity index (χ0n) is 34.5. The maximum absolute atomic E-state index is 4.70. The van der Waals surface area contributed by atoms with Crippen LogP contribution < -0.4 is 0 Å². The number of halogens is 1. The highest BCUT2D eigenvalue weighted by Crippen LogP contribution is 2.51. The Morgan fingerprint density at radius 3 is 1.86 bits per heavy atom. The van der Waals surface area contributed by atoms with Crippen molar-refractivity contribution in [3.63, 3.8) is 0 Å². The van der Waals surface area contributed by atoms with Crippen LogP contribution in [0.4, 0.5) is 0 Å². The minimum absolute atomic E-state index is 0.128. The van der Waals surface area contributed by atoms with Gasteiger partial charge in [-0.2, -0.15) is 0 Å². The normalized spacial score (nSPS) is 17.4. The summed E-state index contributed by atoms with van der Waals surface area (Å²) in [6, 6.07) is 14.5. The van der Waals surface area contributed by atoms with Gasteiger partial charge in [-0.1, -0.05) is 164 Å². The van der Waals surface area contributed by atoms with Gasteiger partial charge in [-0.05, 0) is 134 Å². The minimum Gasteiger partial charge on any atom is -0.106 e. The van der Waals surface area contributed by atoms with Gasteiger partial charge in [-0.25, -0.2) is 0 Å². The number of benzene rings is 2. The van der Waals surface area contributed by atoms with Gasteiger partial charge >= 0.3 is 0 Å². The minimum atomic E-state index is -0.128. The predicted octanol–water partition coefficient (Wildman–Crippen LogP) is 15.8. The summed E-state index contributed by atoms with van der Waals surface area (Å²) in [5.74, 6) is 4.61. The highest BCUT2D eigenvalue weighted by molar-refractivity contribution is 14.2. The molecule has 0 amide bonds. The summed E-state index contributed by atoms with van der Waals surface area (Å²) in [4.78, 5) is 0. The first-order valence-electron chi connectivity index (χ1n) is 20.5. The van der Waals surface area contributed by atoms with Crippen LogP contribution in [-0.4, -0.2) is 3.51 Å². The van der Waals surface area contributed by atoms with Gasteiger partial charge in [0.25, 0.3) is 0 Å². The molecule has 1 heteroatoms. The van der Waals surface area contributed by atoms with Gasteiger partial charge in [-0.15, -0.1) is 20.7 Å². The van der Waals surface area contributed by atoms with Crippen molar-refractivity contribution >= 4 is 35.4 Å². The number of hydrogen-bond donors (Lipinski definition) is 0. The number of allylic oxidation sites excluding steroid dienone is 4. The number of rotatable bonds is 21. The van der Waals surface area contributed by atoms with Crippen LogP contribution in [0.25, 0.3) is 11.1 Å². The molecule has 1 aliphatic heterocycles. The summed E-state index contributed by atoms with van der Waals surface area (Å²) < 4.78 is 2.23. The first-order valence-corrected chi connectivity index (χ1v) is 22.9. The first kappa shape index (κ1) is 42.7. The predicted molar refractivity (Wildman–Crippen MR) is 237 cm³/mol. The summed E-state index contributed by atoms with van der Waals surface area (Å²) in [5, 5.41) is 0. The van der Waals surface area contributed by atoms with E-state index in [9.17, 15) is 0 Å². The average Bonchev–Trinajstić information content (AvgIpc) is 3.54. The highest BCUT2D eigenvalue weighted by atomic mass is 127. The molecule has 3 rings (SSSR count). The molecule has 0 fully saturated rings. The molecule has 5 atom stereocenters. The molecule has 50 heavy (non-hydrogen) atoms. The van der Waals surface area contributed by atoms with Crippen molar-refractivity contribution in [1.82, 2.24) is 0 Å². The monoisotopic (exact) mass is 790 g/mol. The van der Waals surface area contributed by atoms with Crippen molar-refractivity contribution in [3.05, 3.63) is 94.6 Å². The highest BCUT2D eigenvalue weighted by Gasteiger charge is 2.29.